The van der Waals surface area contributed by atoms with E-state index in [1.54, 1.807) is 0 Å². The van der Waals surface area contributed by atoms with E-state index < -0.39 is 0 Å². The van der Waals surface area contributed by atoms with Crippen molar-refractivity contribution in [1.29, 1.82) is 0 Å². The fraction of sp³-hybridized carbons (Fsp3) is 0.467. The smallest absolute Gasteiger partial charge is 0.0881 e. The van der Waals surface area contributed by atoms with Crippen LogP contribution in [0, 0.1) is 0 Å². The lowest BCUT2D eigenvalue weighted by atomic mass is 10.1. The van der Waals surface area contributed by atoms with Gasteiger partial charge < -0.3 is 19.3 Å². The number of hydrogen-bond donors (Lipinski definition) is 1. The van der Waals surface area contributed by atoms with Gasteiger partial charge in [-0.15, -0.1) is 0 Å². The second-order valence-electron chi connectivity index (χ2n) is 5.24. The highest BCUT2D eigenvalue weighted by Crippen LogP contribution is 2.21. The highest BCUT2D eigenvalue weighted by molar-refractivity contribution is 5.83. The number of aromatic nitrogens is 1. The largest absolute Gasteiger partial charge is 0.392 e. The molecule has 0 spiro atoms. The van der Waals surface area contributed by atoms with Crippen LogP contribution in [0.25, 0.3) is 10.9 Å². The number of rotatable bonds is 3. The number of aliphatic hydroxyl groups excluding tert-OH is 1. The molecule has 0 bridgehead atoms. The molecule has 1 saturated heterocycles. The van der Waals surface area contributed by atoms with Gasteiger partial charge in [-0.25, -0.2) is 0 Å². The monoisotopic (exact) mass is 260 g/mol. The molecule has 4 heteroatoms. The molecule has 19 heavy (non-hydrogen) atoms. The van der Waals surface area contributed by atoms with E-state index in [-0.39, 0.29) is 12.7 Å². The summed E-state index contributed by atoms with van der Waals surface area (Å²) >= 11 is 0. The van der Waals surface area contributed by atoms with Gasteiger partial charge in [0.2, 0.25) is 0 Å². The molecule has 1 unspecified atom stereocenters. The summed E-state index contributed by atoms with van der Waals surface area (Å²) in [5.74, 6) is 0. The molecule has 2 aromatic rings. The number of fused-ring (bicyclic) bond motifs is 1. The molecule has 4 nitrogen and oxygen atoms in total. The van der Waals surface area contributed by atoms with E-state index in [1.807, 2.05) is 12.1 Å². The summed E-state index contributed by atoms with van der Waals surface area (Å²) < 4.78 is 8.02. The van der Waals surface area contributed by atoms with Gasteiger partial charge in [-0.05, 0) is 18.5 Å². The average molecular weight is 260 g/mol. The Morgan fingerprint density at radius 3 is 3.05 bits per heavy atom. The Labute approximate surface area is 113 Å². The highest BCUT2D eigenvalue weighted by atomic mass is 16.5. The van der Waals surface area contributed by atoms with E-state index in [0.29, 0.717) is 0 Å². The molecule has 1 atom stereocenters. The standard InChI is InChI=1S/C15H20N2O2/c1-16-7-8-19-14(9-16)10-17-6-5-12-3-2-4-13(11-18)15(12)17/h2-6,14,18H,7-11H2,1H3. The Morgan fingerprint density at radius 2 is 2.26 bits per heavy atom. The predicted octanol–water partition coefficient (Wildman–Crippen LogP) is 1.46. The molecule has 1 aliphatic heterocycles. The molecular weight excluding hydrogens is 240 g/mol. The van der Waals surface area contributed by atoms with Crippen LogP contribution >= 0.6 is 0 Å². The maximum Gasteiger partial charge on any atom is 0.0881 e. The van der Waals surface area contributed by atoms with Gasteiger partial charge in [0.1, 0.15) is 0 Å². The van der Waals surface area contributed by atoms with Crippen LogP contribution in [-0.4, -0.2) is 47.4 Å². The van der Waals surface area contributed by atoms with Crippen molar-refractivity contribution in [2.45, 2.75) is 19.3 Å². The molecule has 0 saturated carbocycles. The fourth-order valence-electron chi connectivity index (χ4n) is 2.82. The number of para-hydroxylation sites is 1. The van der Waals surface area contributed by atoms with Crippen molar-refractivity contribution in [1.82, 2.24) is 9.47 Å². The van der Waals surface area contributed by atoms with Crippen LogP contribution in [0.5, 0.6) is 0 Å². The number of likely N-dealkylation sites (N-methyl/N-ethyl adjacent to an activating group) is 1. The fourth-order valence-corrected chi connectivity index (χ4v) is 2.82. The summed E-state index contributed by atoms with van der Waals surface area (Å²) in [5, 5.41) is 10.7. The molecule has 0 aliphatic carbocycles. The molecule has 0 radical (unpaired) electrons. The number of aliphatic hydroxyl groups is 1. The normalized spacial score (nSPS) is 21.1. The first-order valence-electron chi connectivity index (χ1n) is 6.75. The Balaban J connectivity index is 1.88. The third kappa shape index (κ3) is 2.52. The second-order valence-corrected chi connectivity index (χ2v) is 5.24. The van der Waals surface area contributed by atoms with Gasteiger partial charge in [-0.1, -0.05) is 18.2 Å². The van der Waals surface area contributed by atoms with E-state index in [0.717, 1.165) is 37.3 Å². The highest BCUT2D eigenvalue weighted by Gasteiger charge is 2.19. The van der Waals surface area contributed by atoms with Crippen molar-refractivity contribution in [2.75, 3.05) is 26.7 Å². The number of nitrogens with zero attached hydrogens (tertiary/aromatic N) is 2. The first-order valence-corrected chi connectivity index (χ1v) is 6.75. The van der Waals surface area contributed by atoms with Crippen molar-refractivity contribution in [3.8, 4) is 0 Å². The van der Waals surface area contributed by atoms with Crippen LogP contribution in [0.1, 0.15) is 5.56 Å². The molecule has 1 aromatic heterocycles. The minimum atomic E-state index is 0.0762. The molecule has 102 valence electrons. The lowest BCUT2D eigenvalue weighted by molar-refractivity contribution is -0.0269. The van der Waals surface area contributed by atoms with Gasteiger partial charge in [-0.3, -0.25) is 0 Å². The first-order chi connectivity index (χ1) is 9.28. The van der Waals surface area contributed by atoms with Crippen molar-refractivity contribution in [2.24, 2.45) is 0 Å². The van der Waals surface area contributed by atoms with E-state index in [4.69, 9.17) is 4.74 Å². The zero-order chi connectivity index (χ0) is 13.2. The molecule has 1 fully saturated rings. The van der Waals surface area contributed by atoms with Crippen LogP contribution < -0.4 is 0 Å². The molecule has 2 heterocycles. The molecule has 3 rings (SSSR count). The van der Waals surface area contributed by atoms with E-state index in [2.05, 4.69) is 34.8 Å². The number of hydrogen-bond acceptors (Lipinski definition) is 3. The summed E-state index contributed by atoms with van der Waals surface area (Å²) in [6.45, 7) is 3.68. The minimum absolute atomic E-state index is 0.0762. The average Bonchev–Trinajstić information content (AvgIpc) is 2.82. The van der Waals surface area contributed by atoms with Crippen LogP contribution in [0.2, 0.25) is 0 Å². The summed E-state index contributed by atoms with van der Waals surface area (Å²) in [6, 6.07) is 8.15. The molecule has 1 N–H and O–H groups in total. The van der Waals surface area contributed by atoms with Gasteiger partial charge in [0.05, 0.1) is 31.4 Å². The van der Waals surface area contributed by atoms with Crippen molar-refractivity contribution < 1.29 is 9.84 Å². The summed E-state index contributed by atoms with van der Waals surface area (Å²) in [4.78, 5) is 2.30. The van der Waals surface area contributed by atoms with Gasteiger partial charge in [0.25, 0.3) is 0 Å². The third-order valence-corrected chi connectivity index (χ3v) is 3.78. The van der Waals surface area contributed by atoms with Crippen molar-refractivity contribution in [3.63, 3.8) is 0 Å². The number of ether oxygens (including phenoxy) is 1. The Morgan fingerprint density at radius 1 is 1.37 bits per heavy atom. The third-order valence-electron chi connectivity index (χ3n) is 3.78. The Kier molecular flexibility index (Phi) is 3.55. The van der Waals surface area contributed by atoms with Crippen LogP contribution in [0.15, 0.2) is 30.5 Å². The van der Waals surface area contributed by atoms with Crippen molar-refractivity contribution in [3.05, 3.63) is 36.0 Å². The van der Waals surface area contributed by atoms with Gasteiger partial charge in [0, 0.05) is 24.8 Å². The lowest BCUT2D eigenvalue weighted by Crippen LogP contribution is -2.41. The van der Waals surface area contributed by atoms with Gasteiger partial charge >= 0.3 is 0 Å². The maximum absolute atomic E-state index is 9.47. The zero-order valence-electron chi connectivity index (χ0n) is 11.2. The second kappa shape index (κ2) is 5.33. The first kappa shape index (κ1) is 12.7. The van der Waals surface area contributed by atoms with E-state index in [1.165, 1.54) is 5.39 Å². The van der Waals surface area contributed by atoms with Gasteiger partial charge in [-0.2, -0.15) is 0 Å². The Bertz CT molecular complexity index is 564. The molecule has 0 amide bonds. The van der Waals surface area contributed by atoms with Crippen LogP contribution in [0.4, 0.5) is 0 Å². The molecule has 1 aliphatic rings. The zero-order valence-corrected chi connectivity index (χ0v) is 11.2. The van der Waals surface area contributed by atoms with Gasteiger partial charge in [0.15, 0.2) is 0 Å². The lowest BCUT2D eigenvalue weighted by Gasteiger charge is -2.30. The van der Waals surface area contributed by atoms with Crippen LogP contribution in [0.3, 0.4) is 0 Å². The van der Waals surface area contributed by atoms with Crippen LogP contribution in [-0.2, 0) is 17.9 Å². The summed E-state index contributed by atoms with van der Waals surface area (Å²) in [5.41, 5.74) is 2.11. The van der Waals surface area contributed by atoms with E-state index in [9.17, 15) is 5.11 Å². The minimum Gasteiger partial charge on any atom is -0.392 e. The predicted molar refractivity (Wildman–Crippen MR) is 75.1 cm³/mol. The molecular formula is C15H20N2O2. The summed E-state index contributed by atoms with van der Waals surface area (Å²) in [6.07, 6.45) is 2.31. The Hall–Kier alpha value is -1.36. The van der Waals surface area contributed by atoms with E-state index >= 15 is 0 Å². The number of benzene rings is 1. The van der Waals surface area contributed by atoms with Crippen molar-refractivity contribution >= 4 is 10.9 Å². The topological polar surface area (TPSA) is 37.6 Å². The maximum atomic E-state index is 9.47. The number of morpholine rings is 1. The quantitative estimate of drug-likeness (QED) is 0.908. The SMILES string of the molecule is CN1CCOC(Cn2ccc3cccc(CO)c32)C1. The summed E-state index contributed by atoms with van der Waals surface area (Å²) in [7, 11) is 2.13. The molecule has 1 aromatic carbocycles.